The molecule has 7 fully saturated rings. The number of hydrogen-bond donors (Lipinski definition) is 1. The molecule has 14 unspecified atom stereocenters. The van der Waals surface area contributed by atoms with Crippen molar-refractivity contribution in [1.82, 2.24) is 0 Å². The van der Waals surface area contributed by atoms with Gasteiger partial charge in [0.15, 0.2) is 18.3 Å². The molecule has 238 valence electrons. The molecule has 4 saturated carbocycles. The summed E-state index contributed by atoms with van der Waals surface area (Å²) in [6.45, 7) is 2.57. The van der Waals surface area contributed by atoms with E-state index in [1.807, 2.05) is 6.92 Å². The molecule has 0 aromatic carbocycles. The number of esters is 4. The van der Waals surface area contributed by atoms with Crippen molar-refractivity contribution in [1.29, 1.82) is 0 Å². The topological polar surface area (TPSA) is 169 Å². The molecule has 0 spiro atoms. The van der Waals surface area contributed by atoms with Gasteiger partial charge in [-0.1, -0.05) is 0 Å². The molecule has 1 N–H and O–H groups in total. The Hall–Kier alpha value is -2.39. The second kappa shape index (κ2) is 9.56. The fourth-order valence-electron chi connectivity index (χ4n) is 9.97. The van der Waals surface area contributed by atoms with Gasteiger partial charge in [-0.2, -0.15) is 17.2 Å². The van der Waals surface area contributed by atoms with Gasteiger partial charge < -0.3 is 23.7 Å². The summed E-state index contributed by atoms with van der Waals surface area (Å²) < 4.78 is 85.0. The highest BCUT2D eigenvalue weighted by molar-refractivity contribution is 7.86. The van der Waals surface area contributed by atoms with E-state index in [1.54, 1.807) is 0 Å². The Morgan fingerprint density at radius 2 is 1.72 bits per heavy atom. The normalized spacial score (nSPS) is 45.7. The number of fused-ring (bicyclic) bond motifs is 10. The molecule has 15 heteroatoms. The smallest absolute Gasteiger partial charge is 0.405 e. The first-order chi connectivity index (χ1) is 20.1. The van der Waals surface area contributed by atoms with Crippen LogP contribution in [0.5, 0.6) is 0 Å². The van der Waals surface area contributed by atoms with Crippen molar-refractivity contribution in [3.63, 3.8) is 0 Å². The summed E-state index contributed by atoms with van der Waals surface area (Å²) in [6, 6.07) is 0. The van der Waals surface area contributed by atoms with Gasteiger partial charge in [0.1, 0.15) is 29.6 Å². The summed E-state index contributed by atoms with van der Waals surface area (Å²) in [5, 5.41) is -4.75. The Morgan fingerprint density at radius 1 is 1.05 bits per heavy atom. The third kappa shape index (κ3) is 4.27. The van der Waals surface area contributed by atoms with E-state index >= 15 is 0 Å². The number of hydrogen-bond acceptors (Lipinski definition) is 11. The van der Waals surface area contributed by atoms with E-state index in [9.17, 15) is 36.4 Å². The van der Waals surface area contributed by atoms with Crippen molar-refractivity contribution in [3.8, 4) is 0 Å². The molecule has 7 rings (SSSR count). The van der Waals surface area contributed by atoms with E-state index in [2.05, 4.69) is 4.74 Å². The quantitative estimate of drug-likeness (QED) is 0.170. The van der Waals surface area contributed by atoms with E-state index < -0.39 is 100 Å². The Kier molecular flexibility index (Phi) is 6.52. The third-order valence-electron chi connectivity index (χ3n) is 11.5. The molecule has 3 aliphatic heterocycles. The van der Waals surface area contributed by atoms with Gasteiger partial charge in [0.2, 0.25) is 0 Å². The van der Waals surface area contributed by atoms with E-state index in [1.165, 1.54) is 19.3 Å². The molecule has 0 aromatic heterocycles. The number of carbonyl (C=O) groups excluding carboxylic acids is 4. The van der Waals surface area contributed by atoms with Crippen molar-refractivity contribution in [2.75, 3.05) is 0 Å². The second-order valence-electron chi connectivity index (χ2n) is 13.7. The van der Waals surface area contributed by atoms with Crippen LogP contribution in [0.1, 0.15) is 58.8 Å². The minimum atomic E-state index is -5.84. The van der Waals surface area contributed by atoms with Crippen LogP contribution >= 0.6 is 0 Å². The Balaban J connectivity index is 0.979. The number of carbonyl (C=O) groups is 4. The lowest BCUT2D eigenvalue weighted by Crippen LogP contribution is -2.51. The van der Waals surface area contributed by atoms with Crippen molar-refractivity contribution >= 4 is 34.0 Å². The van der Waals surface area contributed by atoms with Crippen LogP contribution in [-0.4, -0.2) is 78.2 Å². The molecule has 0 amide bonds. The Morgan fingerprint density at radius 3 is 2.42 bits per heavy atom. The van der Waals surface area contributed by atoms with Gasteiger partial charge in [-0.25, -0.2) is 0 Å². The van der Waals surface area contributed by atoms with Crippen LogP contribution in [0.3, 0.4) is 0 Å². The summed E-state index contributed by atoms with van der Waals surface area (Å²) in [6.07, 6.45) is -2.15. The lowest BCUT2D eigenvalue weighted by molar-refractivity contribution is -0.180. The summed E-state index contributed by atoms with van der Waals surface area (Å²) in [5.74, 6) is -1.87. The van der Waals surface area contributed by atoms with Crippen molar-refractivity contribution in [3.05, 3.63) is 0 Å². The van der Waals surface area contributed by atoms with Crippen LogP contribution in [0.25, 0.3) is 0 Å². The second-order valence-corrected chi connectivity index (χ2v) is 15.2. The zero-order valence-electron chi connectivity index (χ0n) is 23.6. The molecule has 3 saturated heterocycles. The van der Waals surface area contributed by atoms with E-state index in [0.717, 1.165) is 24.7 Å². The van der Waals surface area contributed by atoms with Gasteiger partial charge in [0.05, 0.1) is 12.8 Å². The predicted molar refractivity (Wildman–Crippen MR) is 135 cm³/mol. The first-order valence-electron chi connectivity index (χ1n) is 14.9. The first-order valence-corrected chi connectivity index (χ1v) is 16.4. The molecule has 0 radical (unpaired) electrons. The van der Waals surface area contributed by atoms with Gasteiger partial charge in [0, 0.05) is 5.92 Å². The van der Waals surface area contributed by atoms with Crippen molar-refractivity contribution in [2.24, 2.45) is 47.3 Å². The van der Waals surface area contributed by atoms with Crippen LogP contribution in [0.4, 0.5) is 8.78 Å². The maximum atomic E-state index is 13.7. The molecule has 4 aliphatic carbocycles. The zero-order valence-corrected chi connectivity index (χ0v) is 24.4. The Labute approximate surface area is 246 Å². The summed E-state index contributed by atoms with van der Waals surface area (Å²) in [5.41, 5.74) is -0.646. The lowest BCUT2D eigenvalue weighted by atomic mass is 9.66. The number of ether oxygens (including phenoxy) is 5. The maximum Gasteiger partial charge on any atom is 0.405 e. The molecule has 12 nitrogen and oxygen atoms in total. The molecule has 6 bridgehead atoms. The minimum absolute atomic E-state index is 0.276. The average Bonchev–Trinajstić information content (AvgIpc) is 3.74. The molecule has 14 atom stereocenters. The third-order valence-corrected chi connectivity index (χ3v) is 12.5. The molecular formula is C28H34F2O12S. The van der Waals surface area contributed by atoms with Gasteiger partial charge in [-0.3, -0.25) is 23.7 Å². The Bertz CT molecular complexity index is 1370. The fraction of sp³-hybridized carbons (Fsp3) is 0.857. The minimum Gasteiger partial charge on any atom is -0.459 e. The van der Waals surface area contributed by atoms with Crippen LogP contribution in [0, 0.1) is 47.3 Å². The van der Waals surface area contributed by atoms with Crippen molar-refractivity contribution in [2.45, 2.75) is 100 Å². The van der Waals surface area contributed by atoms with Gasteiger partial charge in [0.25, 0.3) is 0 Å². The van der Waals surface area contributed by atoms with E-state index in [4.69, 9.17) is 23.5 Å². The summed E-state index contributed by atoms with van der Waals surface area (Å²) >= 11 is 0. The van der Waals surface area contributed by atoms with Gasteiger partial charge >= 0.3 is 39.2 Å². The zero-order chi connectivity index (χ0) is 30.8. The predicted octanol–water partition coefficient (Wildman–Crippen LogP) is 2.03. The van der Waals surface area contributed by atoms with E-state index in [0.29, 0.717) is 24.7 Å². The summed E-state index contributed by atoms with van der Waals surface area (Å²) in [4.78, 5) is 51.1. The monoisotopic (exact) mass is 632 g/mol. The highest BCUT2D eigenvalue weighted by atomic mass is 32.2. The highest BCUT2D eigenvalue weighted by Gasteiger charge is 2.73. The van der Waals surface area contributed by atoms with Crippen molar-refractivity contribution < 1.29 is 64.6 Å². The van der Waals surface area contributed by atoms with Crippen LogP contribution < -0.4 is 0 Å². The van der Waals surface area contributed by atoms with Crippen LogP contribution in [0.2, 0.25) is 0 Å². The molecule has 43 heavy (non-hydrogen) atoms. The largest absolute Gasteiger partial charge is 0.459 e. The maximum absolute atomic E-state index is 13.7. The highest BCUT2D eigenvalue weighted by Crippen LogP contribution is 2.70. The molecule has 3 heterocycles. The lowest BCUT2D eigenvalue weighted by Gasteiger charge is -2.44. The molecule has 0 aromatic rings. The molecular weight excluding hydrogens is 598 g/mol. The SMILES string of the molecule is CC(OC(=O)CCC(=O)OC1C2OC(=O)C3C2OC1C3C(=O)OC1(C)CC2CC1C1C3CCC(C3)C21)C(F)(F)S(=O)(=O)O. The first kappa shape index (κ1) is 29.3. The summed E-state index contributed by atoms with van der Waals surface area (Å²) in [7, 11) is -5.84. The van der Waals surface area contributed by atoms with Gasteiger partial charge in [-0.05, 0) is 75.5 Å². The number of halogens is 2. The van der Waals surface area contributed by atoms with Gasteiger partial charge in [-0.15, -0.1) is 0 Å². The number of rotatable bonds is 9. The molecule has 7 aliphatic rings. The average molecular weight is 633 g/mol. The fourth-order valence-corrected chi connectivity index (χ4v) is 10.4. The van der Waals surface area contributed by atoms with Crippen LogP contribution in [-0.2, 0) is 53.0 Å². The number of alkyl halides is 2. The van der Waals surface area contributed by atoms with E-state index in [-0.39, 0.29) is 5.92 Å². The standard InChI is InChI=1S/C28H34F2O12S/c1-10(28(29,30)43(35,36)37)38-15(31)5-6-16(32)39-23-22-20(19-21(40-22)24(23)41-25(19)33)26(34)42-27(2)9-13-8-14(27)18-12-4-3-11(7-12)17(13)18/h10-14,17-24H,3-9H2,1-2H3,(H,35,36,37). The van der Waals surface area contributed by atoms with Crippen LogP contribution in [0.15, 0.2) is 0 Å².